The van der Waals surface area contributed by atoms with Crippen molar-refractivity contribution in [1.82, 2.24) is 9.55 Å². The van der Waals surface area contributed by atoms with Gasteiger partial charge in [0.25, 0.3) is 5.56 Å². The molecule has 0 fully saturated rings. The maximum atomic E-state index is 13.3. The van der Waals surface area contributed by atoms with Crippen LogP contribution in [0, 0.1) is 0 Å². The van der Waals surface area contributed by atoms with E-state index in [0.717, 1.165) is 16.0 Å². The van der Waals surface area contributed by atoms with Crippen molar-refractivity contribution in [3.05, 3.63) is 115 Å². The molecular formula is C25H24N4O3S. The normalized spacial score (nSPS) is 10.8. The average molecular weight is 461 g/mol. The smallest absolute Gasteiger partial charge is 0.330 e. The molecule has 0 aliphatic carbocycles. The number of amides is 1. The minimum Gasteiger partial charge on any atom is -0.383 e. The molecule has 0 aliphatic heterocycles. The Hall–Kier alpha value is -3.91. The Morgan fingerprint density at radius 3 is 2.24 bits per heavy atom. The number of nitrogens with two attached hydrogens (primary N) is 1. The van der Waals surface area contributed by atoms with Crippen molar-refractivity contribution in [2.75, 3.05) is 10.6 Å². The van der Waals surface area contributed by atoms with Crippen LogP contribution in [0.2, 0.25) is 0 Å². The van der Waals surface area contributed by atoms with Gasteiger partial charge >= 0.3 is 5.69 Å². The predicted octanol–water partition coefficient (Wildman–Crippen LogP) is 3.39. The third-order valence-corrected chi connectivity index (χ3v) is 6.25. The number of anilines is 2. The quantitative estimate of drug-likeness (QED) is 0.421. The van der Waals surface area contributed by atoms with Gasteiger partial charge in [0.05, 0.1) is 13.1 Å². The van der Waals surface area contributed by atoms with Crippen molar-refractivity contribution < 1.29 is 4.79 Å². The van der Waals surface area contributed by atoms with Crippen LogP contribution in [0.4, 0.5) is 11.5 Å². The van der Waals surface area contributed by atoms with E-state index in [1.807, 2.05) is 78.2 Å². The first-order valence-electron chi connectivity index (χ1n) is 10.6. The first-order valence-corrected chi connectivity index (χ1v) is 11.4. The zero-order valence-corrected chi connectivity index (χ0v) is 18.8. The fraction of sp³-hybridized carbons (Fsp3) is 0.160. The molecule has 1 amide bonds. The molecule has 2 aromatic heterocycles. The number of thiophene rings is 1. The average Bonchev–Trinajstić information content (AvgIpc) is 3.34. The molecule has 3 N–H and O–H groups in total. The lowest BCUT2D eigenvalue weighted by Gasteiger charge is -2.25. The fourth-order valence-corrected chi connectivity index (χ4v) is 4.35. The summed E-state index contributed by atoms with van der Waals surface area (Å²) in [7, 11) is 0. The fourth-order valence-electron chi connectivity index (χ4n) is 3.64. The Bertz CT molecular complexity index is 1330. The molecule has 0 bridgehead atoms. The van der Waals surface area contributed by atoms with Gasteiger partial charge in [-0.15, -0.1) is 11.3 Å². The van der Waals surface area contributed by atoms with Gasteiger partial charge < -0.3 is 10.6 Å². The molecule has 0 saturated carbocycles. The van der Waals surface area contributed by atoms with Crippen LogP contribution in [-0.4, -0.2) is 15.5 Å². The van der Waals surface area contributed by atoms with Crippen molar-refractivity contribution in [2.45, 2.75) is 25.9 Å². The van der Waals surface area contributed by atoms with E-state index in [0.29, 0.717) is 6.42 Å². The Morgan fingerprint density at radius 1 is 0.939 bits per heavy atom. The second kappa shape index (κ2) is 10.1. The molecule has 4 rings (SSSR count). The highest BCUT2D eigenvalue weighted by atomic mass is 32.1. The topological polar surface area (TPSA) is 101 Å². The van der Waals surface area contributed by atoms with Gasteiger partial charge in [0.1, 0.15) is 5.82 Å². The van der Waals surface area contributed by atoms with Crippen molar-refractivity contribution in [1.29, 1.82) is 0 Å². The summed E-state index contributed by atoms with van der Waals surface area (Å²) >= 11 is 1.58. The standard InChI is InChI=1S/C25H24N4O3S/c26-23-22(24(31)27-25(32)29(23)17-19-10-5-2-6-11-19)28(16-18-8-3-1-4-9-18)21(30)14-13-20-12-7-15-33-20/h1-12,15H,13-14,16-17,26H2,(H,27,31,32). The molecule has 33 heavy (non-hydrogen) atoms. The second-order valence-corrected chi connectivity index (χ2v) is 8.64. The maximum Gasteiger partial charge on any atom is 0.330 e. The van der Waals surface area contributed by atoms with E-state index in [2.05, 4.69) is 4.98 Å². The van der Waals surface area contributed by atoms with Crippen LogP contribution < -0.4 is 21.9 Å². The number of aromatic amines is 1. The van der Waals surface area contributed by atoms with Crippen molar-refractivity contribution in [3.63, 3.8) is 0 Å². The minimum atomic E-state index is -0.679. The van der Waals surface area contributed by atoms with Gasteiger partial charge in [-0.3, -0.25) is 19.1 Å². The van der Waals surface area contributed by atoms with Crippen molar-refractivity contribution in [2.24, 2.45) is 0 Å². The van der Waals surface area contributed by atoms with Crippen molar-refractivity contribution in [3.8, 4) is 0 Å². The largest absolute Gasteiger partial charge is 0.383 e. The summed E-state index contributed by atoms with van der Waals surface area (Å²) in [6.07, 6.45) is 0.771. The summed E-state index contributed by atoms with van der Waals surface area (Å²) < 4.78 is 1.29. The monoisotopic (exact) mass is 460 g/mol. The van der Waals surface area contributed by atoms with Crippen molar-refractivity contribution >= 4 is 28.7 Å². The van der Waals surface area contributed by atoms with E-state index >= 15 is 0 Å². The third kappa shape index (κ3) is 5.30. The van der Waals surface area contributed by atoms with E-state index in [1.54, 1.807) is 11.3 Å². The first kappa shape index (κ1) is 22.3. The number of benzene rings is 2. The number of rotatable bonds is 8. The van der Waals surface area contributed by atoms with Crippen LogP contribution in [0.5, 0.6) is 0 Å². The van der Waals surface area contributed by atoms with E-state index < -0.39 is 11.2 Å². The number of H-pyrrole nitrogens is 1. The SMILES string of the molecule is Nc1c(N(Cc2ccccc2)C(=O)CCc2cccs2)c(=O)[nH]c(=O)n1Cc1ccccc1. The van der Waals surface area contributed by atoms with Crippen LogP contribution >= 0.6 is 11.3 Å². The zero-order valence-electron chi connectivity index (χ0n) is 17.9. The second-order valence-electron chi connectivity index (χ2n) is 7.61. The third-order valence-electron chi connectivity index (χ3n) is 5.32. The van der Waals surface area contributed by atoms with Gasteiger partial charge in [0, 0.05) is 11.3 Å². The molecule has 4 aromatic rings. The molecule has 0 aliphatic rings. The Labute approximate surface area is 194 Å². The molecule has 2 aromatic carbocycles. The number of nitrogen functional groups attached to an aromatic ring is 1. The number of carbonyl (C=O) groups excluding carboxylic acids is 1. The van der Waals surface area contributed by atoms with E-state index in [4.69, 9.17) is 5.73 Å². The van der Waals surface area contributed by atoms with Crippen LogP contribution in [0.1, 0.15) is 22.4 Å². The summed E-state index contributed by atoms with van der Waals surface area (Å²) in [6, 6.07) is 22.6. The molecule has 0 atom stereocenters. The van der Waals surface area contributed by atoms with Crippen LogP contribution in [0.25, 0.3) is 0 Å². The van der Waals surface area contributed by atoms with Crippen LogP contribution in [0.3, 0.4) is 0 Å². The van der Waals surface area contributed by atoms with Gasteiger partial charge in [-0.05, 0) is 29.0 Å². The highest BCUT2D eigenvalue weighted by Gasteiger charge is 2.24. The number of aryl methyl sites for hydroxylation is 1. The molecule has 8 heteroatoms. The lowest BCUT2D eigenvalue weighted by atomic mass is 10.1. The molecule has 0 spiro atoms. The molecule has 0 saturated heterocycles. The van der Waals surface area contributed by atoms with Crippen LogP contribution in [-0.2, 0) is 24.3 Å². The van der Waals surface area contributed by atoms with Gasteiger partial charge in [0.15, 0.2) is 5.69 Å². The molecule has 168 valence electrons. The Balaban J connectivity index is 1.73. The van der Waals surface area contributed by atoms with Gasteiger partial charge in [-0.1, -0.05) is 66.7 Å². The highest BCUT2D eigenvalue weighted by molar-refractivity contribution is 7.09. The van der Waals surface area contributed by atoms with Gasteiger partial charge in [0.2, 0.25) is 5.91 Å². The molecule has 2 heterocycles. The lowest BCUT2D eigenvalue weighted by Crippen LogP contribution is -2.41. The number of nitrogens with zero attached hydrogens (tertiary/aromatic N) is 2. The maximum absolute atomic E-state index is 13.3. The Morgan fingerprint density at radius 2 is 1.61 bits per heavy atom. The van der Waals surface area contributed by atoms with E-state index in [-0.39, 0.29) is 36.9 Å². The predicted molar refractivity (Wildman–Crippen MR) is 132 cm³/mol. The summed E-state index contributed by atoms with van der Waals surface area (Å²) in [5, 5.41) is 1.96. The number of carbonyl (C=O) groups is 1. The number of hydrogen-bond acceptors (Lipinski definition) is 5. The number of nitrogens with one attached hydrogen (secondary N) is 1. The zero-order chi connectivity index (χ0) is 23.2. The number of aromatic nitrogens is 2. The molecule has 0 unspecified atom stereocenters. The molecule has 7 nitrogen and oxygen atoms in total. The molecular weight excluding hydrogens is 436 g/mol. The summed E-state index contributed by atoms with van der Waals surface area (Å²) in [5.41, 5.74) is 6.76. The highest BCUT2D eigenvalue weighted by Crippen LogP contribution is 2.22. The van der Waals surface area contributed by atoms with Gasteiger partial charge in [-0.25, -0.2) is 4.79 Å². The Kier molecular flexibility index (Phi) is 6.85. The summed E-state index contributed by atoms with van der Waals surface area (Å²) in [4.78, 5) is 43.6. The number of hydrogen-bond donors (Lipinski definition) is 2. The molecule has 0 radical (unpaired) electrons. The summed E-state index contributed by atoms with van der Waals surface area (Å²) in [5.74, 6) is -0.276. The summed E-state index contributed by atoms with van der Waals surface area (Å²) in [6.45, 7) is 0.346. The van der Waals surface area contributed by atoms with Crippen LogP contribution in [0.15, 0.2) is 87.8 Å². The minimum absolute atomic E-state index is 0.00874. The first-order chi connectivity index (χ1) is 16.0. The van der Waals surface area contributed by atoms with Gasteiger partial charge in [-0.2, -0.15) is 0 Å². The van der Waals surface area contributed by atoms with E-state index in [1.165, 1.54) is 9.47 Å². The lowest BCUT2D eigenvalue weighted by molar-refractivity contribution is -0.118. The van der Waals surface area contributed by atoms with E-state index in [9.17, 15) is 14.4 Å².